The van der Waals surface area contributed by atoms with Crippen LogP contribution in [0.15, 0.2) is 12.1 Å². The van der Waals surface area contributed by atoms with E-state index in [1.807, 2.05) is 0 Å². The molecular weight excluding hydrogens is 255 g/mol. The van der Waals surface area contributed by atoms with E-state index in [4.69, 9.17) is 23.1 Å². The number of nitro benzene ring substituents is 1. The second-order valence-corrected chi connectivity index (χ2v) is 3.27. The van der Waals surface area contributed by atoms with E-state index in [0.29, 0.717) is 23.8 Å². The maximum atomic E-state index is 10.6. The van der Waals surface area contributed by atoms with Crippen LogP contribution in [0.4, 0.5) is 17.1 Å². The third kappa shape index (κ3) is 3.41. The minimum atomic E-state index is -0.556. The van der Waals surface area contributed by atoms with Crippen molar-refractivity contribution in [1.82, 2.24) is 0 Å². The fourth-order valence-electron chi connectivity index (χ4n) is 1.08. The monoisotopic (exact) mass is 266 g/mol. The molecule has 0 unspecified atom stereocenters. The van der Waals surface area contributed by atoms with Crippen LogP contribution in [0, 0.1) is 10.1 Å². The Hall–Kier alpha value is -1.24. The van der Waals surface area contributed by atoms with Gasteiger partial charge in [0.25, 0.3) is 5.69 Å². The normalized spacial score (nSPS) is 9.38. The number of nitrogens with zero attached hydrogens (tertiary/aromatic N) is 1. The summed E-state index contributed by atoms with van der Waals surface area (Å²) in [6.45, 7) is 0.898. The number of nitrogen functional groups attached to an aromatic ring is 1. The number of hydrogen-bond donors (Lipinski definition) is 3. The van der Waals surface area contributed by atoms with E-state index in [1.165, 1.54) is 12.1 Å². The summed E-state index contributed by atoms with van der Waals surface area (Å²) in [5.74, 6) is 0. The van der Waals surface area contributed by atoms with Crippen LogP contribution < -0.4 is 16.8 Å². The Morgan fingerprint density at radius 3 is 2.62 bits per heavy atom. The van der Waals surface area contributed by atoms with Crippen LogP contribution >= 0.6 is 24.0 Å². The molecule has 5 N–H and O–H groups in total. The van der Waals surface area contributed by atoms with Crippen molar-refractivity contribution >= 4 is 41.1 Å². The van der Waals surface area contributed by atoms with Crippen molar-refractivity contribution in [2.45, 2.75) is 0 Å². The number of anilines is 2. The molecule has 1 aromatic rings. The van der Waals surface area contributed by atoms with Gasteiger partial charge in [0.2, 0.25) is 0 Å². The molecule has 1 rings (SSSR count). The van der Waals surface area contributed by atoms with Gasteiger partial charge in [0.1, 0.15) is 5.69 Å². The molecule has 0 atom stereocenters. The fourth-order valence-corrected chi connectivity index (χ4v) is 1.32. The SMILES string of the molecule is Cl.NCCNc1cc([N+](=O)[O-])c(N)cc1Cl. The Bertz CT molecular complexity index is 387. The van der Waals surface area contributed by atoms with Gasteiger partial charge >= 0.3 is 0 Å². The first-order chi connectivity index (χ1) is 7.06. The fraction of sp³-hybridized carbons (Fsp3) is 0.250. The summed E-state index contributed by atoms with van der Waals surface area (Å²) < 4.78 is 0. The number of hydrogen-bond acceptors (Lipinski definition) is 5. The summed E-state index contributed by atoms with van der Waals surface area (Å²) >= 11 is 5.84. The van der Waals surface area contributed by atoms with E-state index in [-0.39, 0.29) is 23.8 Å². The van der Waals surface area contributed by atoms with Crippen molar-refractivity contribution in [1.29, 1.82) is 0 Å². The highest BCUT2D eigenvalue weighted by Crippen LogP contribution is 2.32. The van der Waals surface area contributed by atoms with Gasteiger partial charge in [-0.15, -0.1) is 12.4 Å². The number of nitro groups is 1. The smallest absolute Gasteiger partial charge is 0.294 e. The minimum Gasteiger partial charge on any atom is -0.393 e. The number of nitrogens with one attached hydrogen (secondary N) is 1. The lowest BCUT2D eigenvalue weighted by Crippen LogP contribution is -2.13. The molecule has 0 radical (unpaired) electrons. The molecule has 0 bridgehead atoms. The van der Waals surface area contributed by atoms with Gasteiger partial charge in [-0.05, 0) is 6.07 Å². The van der Waals surface area contributed by atoms with Crippen LogP contribution in [0.5, 0.6) is 0 Å². The lowest BCUT2D eigenvalue weighted by Gasteiger charge is -2.07. The van der Waals surface area contributed by atoms with Gasteiger partial charge in [-0.2, -0.15) is 0 Å². The zero-order chi connectivity index (χ0) is 11.4. The highest BCUT2D eigenvalue weighted by atomic mass is 35.5. The standard InChI is InChI=1S/C8H11ClN4O2.ClH/c9-5-3-6(11)8(13(14)15)4-7(5)12-2-1-10;/h3-4,12H,1-2,10-11H2;1H. The first-order valence-corrected chi connectivity index (χ1v) is 4.61. The van der Waals surface area contributed by atoms with Crippen LogP contribution in [0.1, 0.15) is 0 Å². The van der Waals surface area contributed by atoms with E-state index < -0.39 is 4.92 Å². The molecule has 0 aliphatic rings. The maximum absolute atomic E-state index is 10.6. The second kappa shape index (κ2) is 6.37. The van der Waals surface area contributed by atoms with E-state index in [0.717, 1.165) is 0 Å². The molecule has 0 fully saturated rings. The maximum Gasteiger partial charge on any atom is 0.294 e. The number of nitrogens with two attached hydrogens (primary N) is 2. The van der Waals surface area contributed by atoms with Crippen molar-refractivity contribution in [3.05, 3.63) is 27.3 Å². The van der Waals surface area contributed by atoms with Gasteiger partial charge in [0.05, 0.1) is 15.6 Å². The van der Waals surface area contributed by atoms with Crippen LogP contribution in [0.25, 0.3) is 0 Å². The molecular formula is C8H12Cl2N4O2. The largest absolute Gasteiger partial charge is 0.393 e. The molecule has 0 saturated carbocycles. The Balaban J connectivity index is 0.00000225. The molecule has 90 valence electrons. The second-order valence-electron chi connectivity index (χ2n) is 2.86. The van der Waals surface area contributed by atoms with Crippen molar-refractivity contribution in [2.75, 3.05) is 24.1 Å². The van der Waals surface area contributed by atoms with Crippen LogP contribution in [-0.4, -0.2) is 18.0 Å². The van der Waals surface area contributed by atoms with Crippen molar-refractivity contribution in [3.8, 4) is 0 Å². The van der Waals surface area contributed by atoms with E-state index in [2.05, 4.69) is 5.32 Å². The molecule has 8 heteroatoms. The highest BCUT2D eigenvalue weighted by Gasteiger charge is 2.14. The number of halogens is 2. The molecule has 1 aromatic carbocycles. The predicted molar refractivity (Wildman–Crippen MR) is 67.3 cm³/mol. The quantitative estimate of drug-likeness (QED) is 0.436. The zero-order valence-corrected chi connectivity index (χ0v) is 9.85. The van der Waals surface area contributed by atoms with Crippen molar-refractivity contribution in [3.63, 3.8) is 0 Å². The van der Waals surface area contributed by atoms with Gasteiger partial charge < -0.3 is 16.8 Å². The summed E-state index contributed by atoms with van der Waals surface area (Å²) in [7, 11) is 0. The molecule has 0 spiro atoms. The molecule has 0 aliphatic carbocycles. The third-order valence-corrected chi connectivity index (χ3v) is 2.09. The zero-order valence-electron chi connectivity index (χ0n) is 8.27. The molecule has 0 saturated heterocycles. The van der Waals surface area contributed by atoms with Gasteiger partial charge in [0, 0.05) is 19.2 Å². The summed E-state index contributed by atoms with van der Waals surface area (Å²) in [6, 6.07) is 2.64. The Morgan fingerprint density at radius 1 is 1.50 bits per heavy atom. The van der Waals surface area contributed by atoms with Gasteiger partial charge in [-0.1, -0.05) is 11.6 Å². The van der Waals surface area contributed by atoms with E-state index in [9.17, 15) is 10.1 Å². The molecule has 16 heavy (non-hydrogen) atoms. The lowest BCUT2D eigenvalue weighted by atomic mass is 10.2. The number of benzene rings is 1. The minimum absolute atomic E-state index is 0. The summed E-state index contributed by atoms with van der Waals surface area (Å²) in [5.41, 5.74) is 11.1. The highest BCUT2D eigenvalue weighted by molar-refractivity contribution is 6.33. The first kappa shape index (κ1) is 14.8. The van der Waals surface area contributed by atoms with Crippen LogP contribution in [-0.2, 0) is 0 Å². The van der Waals surface area contributed by atoms with Crippen molar-refractivity contribution in [2.24, 2.45) is 5.73 Å². The van der Waals surface area contributed by atoms with Crippen molar-refractivity contribution < 1.29 is 4.92 Å². The van der Waals surface area contributed by atoms with Gasteiger partial charge in [-0.25, -0.2) is 0 Å². The third-order valence-electron chi connectivity index (χ3n) is 1.77. The topological polar surface area (TPSA) is 107 Å². The number of rotatable bonds is 4. The molecule has 6 nitrogen and oxygen atoms in total. The van der Waals surface area contributed by atoms with Gasteiger partial charge in [-0.3, -0.25) is 10.1 Å². The van der Waals surface area contributed by atoms with Gasteiger partial charge in [0.15, 0.2) is 0 Å². The predicted octanol–water partition coefficient (Wildman–Crippen LogP) is 1.62. The summed E-state index contributed by atoms with van der Waals surface area (Å²) in [5, 5.41) is 13.8. The van der Waals surface area contributed by atoms with Crippen LogP contribution in [0.2, 0.25) is 5.02 Å². The molecule has 0 amide bonds. The average molecular weight is 267 g/mol. The Kier molecular flexibility index (Phi) is 5.87. The first-order valence-electron chi connectivity index (χ1n) is 4.23. The molecule has 0 aromatic heterocycles. The Labute approximate surface area is 104 Å². The van der Waals surface area contributed by atoms with E-state index >= 15 is 0 Å². The van der Waals surface area contributed by atoms with E-state index in [1.54, 1.807) is 0 Å². The summed E-state index contributed by atoms with van der Waals surface area (Å²) in [4.78, 5) is 10.0. The summed E-state index contributed by atoms with van der Waals surface area (Å²) in [6.07, 6.45) is 0. The average Bonchev–Trinajstić information content (AvgIpc) is 2.16. The molecule has 0 aliphatic heterocycles. The molecule has 0 heterocycles. The Morgan fingerprint density at radius 2 is 2.12 bits per heavy atom. The lowest BCUT2D eigenvalue weighted by molar-refractivity contribution is -0.383. The van der Waals surface area contributed by atoms with Crippen LogP contribution in [0.3, 0.4) is 0 Å².